The molecule has 1 rings (SSSR count). The van der Waals surface area contributed by atoms with E-state index in [2.05, 4.69) is 20.9 Å². The molecule has 0 unspecified atom stereocenters. The molecule has 0 saturated carbocycles. The fourth-order valence-corrected chi connectivity index (χ4v) is 2.11. The van der Waals surface area contributed by atoms with Crippen molar-refractivity contribution in [2.75, 3.05) is 26.2 Å². The number of guanidine groups is 1. The molecule has 0 bridgehead atoms. The van der Waals surface area contributed by atoms with Crippen LogP contribution in [0.2, 0.25) is 0 Å². The van der Waals surface area contributed by atoms with Crippen molar-refractivity contribution in [3.05, 3.63) is 35.6 Å². The lowest BCUT2D eigenvalue weighted by atomic mass is 9.92. The van der Waals surface area contributed by atoms with Crippen molar-refractivity contribution in [1.82, 2.24) is 16.0 Å². The van der Waals surface area contributed by atoms with Gasteiger partial charge in [-0.3, -0.25) is 9.79 Å². The maximum atomic E-state index is 13.2. The molecule has 3 N–H and O–H groups in total. The molecule has 1 aromatic rings. The van der Waals surface area contributed by atoms with Crippen molar-refractivity contribution in [1.29, 1.82) is 0 Å². The highest BCUT2D eigenvalue weighted by atomic mass is 19.1. The Hall–Kier alpha value is -2.11. The number of nitrogens with one attached hydrogen (secondary N) is 3. The molecule has 0 heterocycles. The van der Waals surface area contributed by atoms with Crippen molar-refractivity contribution in [2.45, 2.75) is 34.1 Å². The largest absolute Gasteiger partial charge is 0.357 e. The SMILES string of the molecule is CCNC(=O)C(C)(C)CN=C(NCC)NCCc1cccc(F)c1. The Morgan fingerprint density at radius 1 is 1.17 bits per heavy atom. The van der Waals surface area contributed by atoms with Gasteiger partial charge < -0.3 is 16.0 Å². The molecular formula is C18H29FN4O. The lowest BCUT2D eigenvalue weighted by Gasteiger charge is -2.22. The van der Waals surface area contributed by atoms with Crippen molar-refractivity contribution in [3.63, 3.8) is 0 Å². The topological polar surface area (TPSA) is 65.5 Å². The summed E-state index contributed by atoms with van der Waals surface area (Å²) in [4.78, 5) is 16.5. The van der Waals surface area contributed by atoms with Crippen LogP contribution in [0.25, 0.3) is 0 Å². The van der Waals surface area contributed by atoms with Gasteiger partial charge in [-0.05, 0) is 51.8 Å². The summed E-state index contributed by atoms with van der Waals surface area (Å²) in [6.07, 6.45) is 0.696. The number of benzene rings is 1. The van der Waals surface area contributed by atoms with E-state index >= 15 is 0 Å². The normalized spacial score (nSPS) is 12.0. The lowest BCUT2D eigenvalue weighted by Crippen LogP contribution is -2.42. The fraction of sp³-hybridized carbons (Fsp3) is 0.556. The Kier molecular flexibility index (Phi) is 8.22. The van der Waals surface area contributed by atoms with E-state index in [1.807, 2.05) is 33.8 Å². The molecule has 0 aromatic heterocycles. The summed E-state index contributed by atoms with van der Waals surface area (Å²) in [5, 5.41) is 9.20. The number of carbonyl (C=O) groups excluding carboxylic acids is 1. The van der Waals surface area contributed by atoms with Gasteiger partial charge in [-0.25, -0.2) is 4.39 Å². The summed E-state index contributed by atoms with van der Waals surface area (Å²) in [7, 11) is 0. The van der Waals surface area contributed by atoms with Crippen molar-refractivity contribution < 1.29 is 9.18 Å². The molecular weight excluding hydrogens is 307 g/mol. The van der Waals surface area contributed by atoms with Crippen LogP contribution in [-0.4, -0.2) is 38.0 Å². The number of hydrogen-bond donors (Lipinski definition) is 3. The predicted octanol–water partition coefficient (Wildman–Crippen LogP) is 2.09. The van der Waals surface area contributed by atoms with Gasteiger partial charge in [0.05, 0.1) is 12.0 Å². The second-order valence-corrected chi connectivity index (χ2v) is 6.25. The first-order valence-electron chi connectivity index (χ1n) is 8.44. The average molecular weight is 336 g/mol. The van der Waals surface area contributed by atoms with E-state index < -0.39 is 5.41 Å². The minimum absolute atomic E-state index is 0.00985. The van der Waals surface area contributed by atoms with Crippen LogP contribution in [0.5, 0.6) is 0 Å². The molecule has 1 aromatic carbocycles. The van der Waals surface area contributed by atoms with Crippen LogP contribution in [0.1, 0.15) is 33.3 Å². The summed E-state index contributed by atoms with van der Waals surface area (Å²) in [5.41, 5.74) is 0.363. The molecule has 24 heavy (non-hydrogen) atoms. The molecule has 134 valence electrons. The molecule has 0 aliphatic rings. The maximum absolute atomic E-state index is 13.2. The third-order valence-corrected chi connectivity index (χ3v) is 3.52. The summed E-state index contributed by atoms with van der Waals surface area (Å²) < 4.78 is 13.2. The van der Waals surface area contributed by atoms with Gasteiger partial charge in [-0.2, -0.15) is 0 Å². The van der Waals surface area contributed by atoms with E-state index in [4.69, 9.17) is 0 Å². The molecule has 0 atom stereocenters. The van der Waals surface area contributed by atoms with Gasteiger partial charge in [-0.1, -0.05) is 12.1 Å². The first-order chi connectivity index (χ1) is 11.4. The van der Waals surface area contributed by atoms with Gasteiger partial charge >= 0.3 is 0 Å². The third kappa shape index (κ3) is 6.98. The van der Waals surface area contributed by atoms with Gasteiger partial charge in [0, 0.05) is 19.6 Å². The Labute approximate surface area is 144 Å². The number of aliphatic imine (C=N–C) groups is 1. The van der Waals surface area contributed by atoms with E-state index in [1.165, 1.54) is 12.1 Å². The zero-order valence-corrected chi connectivity index (χ0v) is 15.1. The fourth-order valence-electron chi connectivity index (χ4n) is 2.11. The highest BCUT2D eigenvalue weighted by molar-refractivity contribution is 5.83. The van der Waals surface area contributed by atoms with Gasteiger partial charge in [-0.15, -0.1) is 0 Å². The standard InChI is InChI=1S/C18H29FN4O/c1-5-20-16(24)18(3,4)13-23-17(21-6-2)22-11-10-14-8-7-9-15(19)12-14/h7-9,12H,5-6,10-11,13H2,1-4H3,(H,20,24)(H2,21,22,23). The molecule has 6 heteroatoms. The van der Waals surface area contributed by atoms with Gasteiger partial charge in [0.25, 0.3) is 0 Å². The van der Waals surface area contributed by atoms with Crippen LogP contribution in [0, 0.1) is 11.2 Å². The number of hydrogen-bond acceptors (Lipinski definition) is 2. The van der Waals surface area contributed by atoms with Crippen LogP contribution in [0.3, 0.4) is 0 Å². The minimum Gasteiger partial charge on any atom is -0.357 e. The zero-order valence-electron chi connectivity index (χ0n) is 15.1. The average Bonchev–Trinajstić information content (AvgIpc) is 2.53. The summed E-state index contributed by atoms with van der Waals surface area (Å²) >= 11 is 0. The molecule has 5 nitrogen and oxygen atoms in total. The Morgan fingerprint density at radius 2 is 1.88 bits per heavy atom. The van der Waals surface area contributed by atoms with Gasteiger partial charge in [0.2, 0.25) is 5.91 Å². The monoisotopic (exact) mass is 336 g/mol. The Balaban J connectivity index is 2.57. The lowest BCUT2D eigenvalue weighted by molar-refractivity contribution is -0.128. The molecule has 0 radical (unpaired) electrons. The Bertz CT molecular complexity index is 558. The van der Waals surface area contributed by atoms with Crippen LogP contribution in [0.15, 0.2) is 29.3 Å². The number of amides is 1. The summed E-state index contributed by atoms with van der Waals surface area (Å²) in [6, 6.07) is 6.57. The first kappa shape index (κ1) is 19.9. The smallest absolute Gasteiger partial charge is 0.227 e. The van der Waals surface area contributed by atoms with E-state index in [0.29, 0.717) is 32.0 Å². The number of nitrogens with zero attached hydrogens (tertiary/aromatic N) is 1. The maximum Gasteiger partial charge on any atom is 0.227 e. The molecule has 0 spiro atoms. The molecule has 1 amide bonds. The van der Waals surface area contributed by atoms with Crippen LogP contribution in [-0.2, 0) is 11.2 Å². The van der Waals surface area contributed by atoms with Crippen molar-refractivity contribution >= 4 is 11.9 Å². The van der Waals surface area contributed by atoms with Crippen LogP contribution >= 0.6 is 0 Å². The van der Waals surface area contributed by atoms with E-state index in [-0.39, 0.29) is 11.7 Å². The number of carbonyl (C=O) groups is 1. The first-order valence-corrected chi connectivity index (χ1v) is 8.44. The third-order valence-electron chi connectivity index (χ3n) is 3.52. The zero-order chi connectivity index (χ0) is 18.0. The molecule has 0 saturated heterocycles. The number of rotatable bonds is 8. The second kappa shape index (κ2) is 9.90. The molecule has 0 aliphatic heterocycles. The van der Waals surface area contributed by atoms with E-state index in [1.54, 1.807) is 6.07 Å². The minimum atomic E-state index is -0.569. The quantitative estimate of drug-likeness (QED) is 0.503. The van der Waals surface area contributed by atoms with Crippen molar-refractivity contribution in [3.8, 4) is 0 Å². The van der Waals surface area contributed by atoms with Gasteiger partial charge in [0.1, 0.15) is 5.82 Å². The molecule has 0 aliphatic carbocycles. The van der Waals surface area contributed by atoms with Crippen LogP contribution < -0.4 is 16.0 Å². The predicted molar refractivity (Wildman–Crippen MR) is 96.6 cm³/mol. The van der Waals surface area contributed by atoms with Gasteiger partial charge in [0.15, 0.2) is 5.96 Å². The Morgan fingerprint density at radius 3 is 2.50 bits per heavy atom. The highest BCUT2D eigenvalue weighted by Gasteiger charge is 2.26. The van der Waals surface area contributed by atoms with E-state index in [0.717, 1.165) is 12.1 Å². The highest BCUT2D eigenvalue weighted by Crippen LogP contribution is 2.15. The second-order valence-electron chi connectivity index (χ2n) is 6.25. The summed E-state index contributed by atoms with van der Waals surface area (Å²) in [5.74, 6) is 0.424. The number of halogens is 1. The molecule has 0 fully saturated rings. The van der Waals surface area contributed by atoms with Crippen LogP contribution in [0.4, 0.5) is 4.39 Å². The summed E-state index contributed by atoms with van der Waals surface area (Å²) in [6.45, 7) is 9.99. The van der Waals surface area contributed by atoms with Crippen molar-refractivity contribution in [2.24, 2.45) is 10.4 Å². The van der Waals surface area contributed by atoms with E-state index in [9.17, 15) is 9.18 Å².